The van der Waals surface area contributed by atoms with Crippen LogP contribution in [0.3, 0.4) is 0 Å². The van der Waals surface area contributed by atoms with Crippen LogP contribution in [0.15, 0.2) is 24.3 Å². The number of fused-ring (bicyclic) bond motifs is 1. The highest BCUT2D eigenvalue weighted by Crippen LogP contribution is 2.47. The molecular formula is C20H27NO3. The van der Waals surface area contributed by atoms with Gasteiger partial charge >= 0.3 is 0 Å². The van der Waals surface area contributed by atoms with Crippen molar-refractivity contribution < 1.29 is 14.3 Å². The Morgan fingerprint density at radius 2 is 1.71 bits per heavy atom. The predicted molar refractivity (Wildman–Crippen MR) is 93.0 cm³/mol. The maximum Gasteiger partial charge on any atom is 0.261 e. The SMILES string of the molecule is CC(C)C1(CCN2C(=O)c3ccccc3C2=O)CCOC(C)(C)C1. The molecule has 0 aliphatic carbocycles. The quantitative estimate of drug-likeness (QED) is 0.787. The van der Waals surface area contributed by atoms with Gasteiger partial charge in [0.15, 0.2) is 0 Å². The number of hydrogen-bond donors (Lipinski definition) is 0. The molecule has 1 aromatic carbocycles. The highest BCUT2D eigenvalue weighted by atomic mass is 16.5. The Morgan fingerprint density at radius 1 is 1.12 bits per heavy atom. The highest BCUT2D eigenvalue weighted by molar-refractivity contribution is 6.21. The van der Waals surface area contributed by atoms with Crippen molar-refractivity contribution in [2.75, 3.05) is 13.2 Å². The third-order valence-corrected chi connectivity index (χ3v) is 5.81. The standard InChI is InChI=1S/C20H27NO3/c1-14(2)20(10-12-24-19(3,4)13-20)9-11-21-17(22)15-7-5-6-8-16(15)18(21)23/h5-8,14H,9-13H2,1-4H3. The number of imide groups is 1. The maximum atomic E-state index is 12.6. The minimum absolute atomic E-state index is 0.108. The molecule has 2 amide bonds. The van der Waals surface area contributed by atoms with Gasteiger partial charge in [-0.2, -0.15) is 0 Å². The Labute approximate surface area is 144 Å². The smallest absolute Gasteiger partial charge is 0.261 e. The lowest BCUT2D eigenvalue weighted by atomic mass is 9.65. The number of carbonyl (C=O) groups excluding carboxylic acids is 2. The largest absolute Gasteiger partial charge is 0.376 e. The van der Waals surface area contributed by atoms with Crippen LogP contribution in [-0.2, 0) is 4.74 Å². The Morgan fingerprint density at radius 3 is 2.21 bits per heavy atom. The molecule has 4 heteroatoms. The molecule has 1 unspecified atom stereocenters. The Balaban J connectivity index is 1.77. The fourth-order valence-electron chi connectivity index (χ4n) is 4.29. The summed E-state index contributed by atoms with van der Waals surface area (Å²) in [5.74, 6) is 0.178. The third kappa shape index (κ3) is 2.88. The molecule has 2 heterocycles. The van der Waals surface area contributed by atoms with E-state index in [1.54, 1.807) is 12.1 Å². The van der Waals surface area contributed by atoms with Crippen molar-refractivity contribution in [3.05, 3.63) is 35.4 Å². The van der Waals surface area contributed by atoms with Crippen molar-refractivity contribution in [2.24, 2.45) is 11.3 Å². The average Bonchev–Trinajstić information content (AvgIpc) is 2.76. The summed E-state index contributed by atoms with van der Waals surface area (Å²) < 4.78 is 5.89. The maximum absolute atomic E-state index is 12.6. The minimum atomic E-state index is -0.152. The number of rotatable bonds is 4. The van der Waals surface area contributed by atoms with Crippen LogP contribution in [0.4, 0.5) is 0 Å². The molecule has 0 N–H and O–H groups in total. The van der Waals surface area contributed by atoms with Gasteiger partial charge in [-0.1, -0.05) is 26.0 Å². The molecule has 2 aliphatic heterocycles. The van der Waals surface area contributed by atoms with Crippen LogP contribution < -0.4 is 0 Å². The highest BCUT2D eigenvalue weighted by Gasteiger charge is 2.44. The lowest BCUT2D eigenvalue weighted by Crippen LogP contribution is -2.46. The molecule has 0 radical (unpaired) electrons. The lowest BCUT2D eigenvalue weighted by Gasteiger charge is -2.48. The van der Waals surface area contributed by atoms with Crippen LogP contribution in [0.25, 0.3) is 0 Å². The van der Waals surface area contributed by atoms with Crippen LogP contribution in [0.5, 0.6) is 0 Å². The number of benzene rings is 1. The first-order valence-corrected chi connectivity index (χ1v) is 8.85. The van der Waals surface area contributed by atoms with E-state index in [4.69, 9.17) is 4.74 Å². The van der Waals surface area contributed by atoms with Crippen molar-refractivity contribution in [1.82, 2.24) is 4.90 Å². The second-order valence-electron chi connectivity index (χ2n) is 8.11. The molecule has 130 valence electrons. The molecule has 0 bridgehead atoms. The molecule has 0 spiro atoms. The molecule has 0 aromatic heterocycles. The van der Waals surface area contributed by atoms with E-state index in [0.29, 0.717) is 23.6 Å². The van der Waals surface area contributed by atoms with Gasteiger partial charge in [-0.15, -0.1) is 0 Å². The van der Waals surface area contributed by atoms with Gasteiger partial charge in [0.1, 0.15) is 0 Å². The molecule has 1 saturated heterocycles. The van der Waals surface area contributed by atoms with Gasteiger partial charge in [-0.05, 0) is 56.6 Å². The topological polar surface area (TPSA) is 46.6 Å². The fourth-order valence-corrected chi connectivity index (χ4v) is 4.29. The van der Waals surface area contributed by atoms with Gasteiger partial charge in [0, 0.05) is 13.2 Å². The zero-order valence-corrected chi connectivity index (χ0v) is 15.1. The Bertz CT molecular complexity index is 630. The summed E-state index contributed by atoms with van der Waals surface area (Å²) in [6, 6.07) is 7.10. The van der Waals surface area contributed by atoms with Crippen molar-refractivity contribution in [1.29, 1.82) is 0 Å². The van der Waals surface area contributed by atoms with Crippen LogP contribution in [0.2, 0.25) is 0 Å². The van der Waals surface area contributed by atoms with Gasteiger partial charge in [0.05, 0.1) is 16.7 Å². The predicted octanol–water partition coefficient (Wildman–Crippen LogP) is 3.90. The summed E-state index contributed by atoms with van der Waals surface area (Å²) in [5.41, 5.74) is 1.03. The van der Waals surface area contributed by atoms with Crippen LogP contribution in [-0.4, -0.2) is 35.5 Å². The number of hydrogen-bond acceptors (Lipinski definition) is 3. The van der Waals surface area contributed by atoms with Crippen molar-refractivity contribution in [3.63, 3.8) is 0 Å². The summed E-state index contributed by atoms with van der Waals surface area (Å²) in [7, 11) is 0. The van der Waals surface area contributed by atoms with Gasteiger partial charge in [-0.3, -0.25) is 14.5 Å². The van der Waals surface area contributed by atoms with Crippen molar-refractivity contribution >= 4 is 11.8 Å². The summed E-state index contributed by atoms with van der Waals surface area (Å²) in [6.45, 7) is 9.97. The molecular weight excluding hydrogens is 302 g/mol. The van der Waals surface area contributed by atoms with Crippen molar-refractivity contribution in [2.45, 2.75) is 52.6 Å². The van der Waals surface area contributed by atoms with E-state index in [9.17, 15) is 9.59 Å². The van der Waals surface area contributed by atoms with E-state index >= 15 is 0 Å². The first-order chi connectivity index (χ1) is 11.3. The van der Waals surface area contributed by atoms with Crippen LogP contribution in [0.1, 0.15) is 67.7 Å². The second-order valence-corrected chi connectivity index (χ2v) is 8.11. The molecule has 4 nitrogen and oxygen atoms in total. The molecule has 1 fully saturated rings. The number of ether oxygens (including phenoxy) is 1. The Kier molecular flexibility index (Phi) is 4.28. The van der Waals surface area contributed by atoms with Gasteiger partial charge < -0.3 is 4.74 Å². The molecule has 2 aliphatic rings. The Hall–Kier alpha value is -1.68. The summed E-state index contributed by atoms with van der Waals surface area (Å²) >= 11 is 0. The first-order valence-electron chi connectivity index (χ1n) is 8.85. The van der Waals surface area contributed by atoms with E-state index in [0.717, 1.165) is 25.9 Å². The number of carbonyl (C=O) groups is 2. The van der Waals surface area contributed by atoms with Gasteiger partial charge in [0.25, 0.3) is 11.8 Å². The minimum Gasteiger partial charge on any atom is -0.376 e. The van der Waals surface area contributed by atoms with Gasteiger partial charge in [0.2, 0.25) is 0 Å². The van der Waals surface area contributed by atoms with Gasteiger partial charge in [-0.25, -0.2) is 0 Å². The number of nitrogens with zero attached hydrogens (tertiary/aromatic N) is 1. The van der Waals surface area contributed by atoms with E-state index < -0.39 is 0 Å². The second kappa shape index (κ2) is 5.99. The normalized spacial score (nSPS) is 26.1. The summed E-state index contributed by atoms with van der Waals surface area (Å²) in [6.07, 6.45) is 2.78. The van der Waals surface area contributed by atoms with E-state index in [1.165, 1.54) is 4.90 Å². The molecule has 1 aromatic rings. The molecule has 24 heavy (non-hydrogen) atoms. The average molecular weight is 329 g/mol. The molecule has 3 rings (SSSR count). The number of amides is 2. The van der Waals surface area contributed by atoms with Crippen LogP contribution >= 0.6 is 0 Å². The van der Waals surface area contributed by atoms with E-state index in [2.05, 4.69) is 27.7 Å². The fraction of sp³-hybridized carbons (Fsp3) is 0.600. The summed E-state index contributed by atoms with van der Waals surface area (Å²) in [4.78, 5) is 26.6. The molecule has 0 saturated carbocycles. The third-order valence-electron chi connectivity index (χ3n) is 5.81. The van der Waals surface area contributed by atoms with Crippen LogP contribution in [0, 0.1) is 11.3 Å². The lowest BCUT2D eigenvalue weighted by molar-refractivity contribution is -0.121. The monoisotopic (exact) mass is 329 g/mol. The zero-order valence-electron chi connectivity index (χ0n) is 15.1. The van der Waals surface area contributed by atoms with Crippen molar-refractivity contribution in [3.8, 4) is 0 Å². The van der Waals surface area contributed by atoms with E-state index in [-0.39, 0.29) is 22.8 Å². The molecule has 1 atom stereocenters. The zero-order chi connectivity index (χ0) is 17.5. The summed E-state index contributed by atoms with van der Waals surface area (Å²) in [5, 5.41) is 0. The van der Waals surface area contributed by atoms with E-state index in [1.807, 2.05) is 12.1 Å². The first kappa shape index (κ1) is 17.2.